The molecule has 2 aliphatic heterocycles. The third-order valence-corrected chi connectivity index (χ3v) is 2.78. The number of piperazine rings is 2. The summed E-state index contributed by atoms with van der Waals surface area (Å²) in [6, 6.07) is 0. The molecule has 16 heavy (non-hydrogen) atoms. The molecule has 96 valence electrons. The highest BCUT2D eigenvalue weighted by Gasteiger charge is 2.07. The summed E-state index contributed by atoms with van der Waals surface area (Å²) in [6.45, 7) is 11.1. The number of nitrogens with one attached hydrogen (secondary N) is 3. The zero-order valence-electron chi connectivity index (χ0n) is 10.4. The maximum Gasteiger partial charge on any atom is 0.0589 e. The Morgan fingerprint density at radius 3 is 1.81 bits per heavy atom. The summed E-state index contributed by atoms with van der Waals surface area (Å²) >= 11 is 0. The Labute approximate surface area is 98.9 Å². The Bertz CT molecular complexity index is 135. The number of hydrogen-bond donors (Lipinski definition) is 3. The van der Waals surface area contributed by atoms with E-state index >= 15 is 0 Å². The Kier molecular flexibility index (Phi) is 8.65. The van der Waals surface area contributed by atoms with Gasteiger partial charge >= 0.3 is 0 Å². The summed E-state index contributed by atoms with van der Waals surface area (Å²) in [7, 11) is 1.75. The van der Waals surface area contributed by atoms with Gasteiger partial charge in [0.15, 0.2) is 0 Å². The van der Waals surface area contributed by atoms with Crippen molar-refractivity contribution in [1.29, 1.82) is 0 Å². The highest BCUT2D eigenvalue weighted by molar-refractivity contribution is 4.66. The van der Waals surface area contributed by atoms with Gasteiger partial charge in [-0.3, -0.25) is 4.90 Å². The van der Waals surface area contributed by atoms with Gasteiger partial charge in [0, 0.05) is 66.0 Å². The second-order valence-corrected chi connectivity index (χ2v) is 4.08. The van der Waals surface area contributed by atoms with Crippen molar-refractivity contribution in [2.45, 2.75) is 0 Å². The number of methoxy groups -OCH3 is 1. The molecule has 0 spiro atoms. The van der Waals surface area contributed by atoms with E-state index in [9.17, 15) is 0 Å². The smallest absolute Gasteiger partial charge is 0.0589 e. The maximum absolute atomic E-state index is 4.98. The van der Waals surface area contributed by atoms with Crippen LogP contribution in [0.1, 0.15) is 0 Å². The van der Waals surface area contributed by atoms with Crippen molar-refractivity contribution in [1.82, 2.24) is 20.9 Å². The summed E-state index contributed by atoms with van der Waals surface area (Å²) < 4.78 is 4.98. The summed E-state index contributed by atoms with van der Waals surface area (Å²) in [5.74, 6) is 0. The lowest BCUT2D eigenvalue weighted by atomic mass is 10.4. The molecular weight excluding hydrogens is 204 g/mol. The second-order valence-electron chi connectivity index (χ2n) is 4.08. The Morgan fingerprint density at radius 1 is 0.875 bits per heavy atom. The molecule has 0 unspecified atom stereocenters. The van der Waals surface area contributed by atoms with Crippen LogP contribution in [-0.2, 0) is 4.74 Å². The molecule has 2 fully saturated rings. The third-order valence-electron chi connectivity index (χ3n) is 2.78. The summed E-state index contributed by atoms with van der Waals surface area (Å²) in [4.78, 5) is 2.42. The minimum atomic E-state index is 0.861. The van der Waals surface area contributed by atoms with Crippen molar-refractivity contribution in [3.63, 3.8) is 0 Å². The first kappa shape index (κ1) is 13.9. The zero-order chi connectivity index (χ0) is 11.5. The molecule has 0 amide bonds. The summed E-state index contributed by atoms with van der Waals surface area (Å²) in [5.41, 5.74) is 0. The molecule has 0 bridgehead atoms. The number of ether oxygens (including phenoxy) is 1. The van der Waals surface area contributed by atoms with Crippen LogP contribution in [0.25, 0.3) is 0 Å². The first-order valence-corrected chi connectivity index (χ1v) is 6.27. The molecule has 0 aromatic heterocycles. The first-order chi connectivity index (χ1) is 7.93. The van der Waals surface area contributed by atoms with Crippen LogP contribution in [-0.4, -0.2) is 77.5 Å². The average molecular weight is 230 g/mol. The fourth-order valence-corrected chi connectivity index (χ4v) is 1.76. The average Bonchev–Trinajstić information content (AvgIpc) is 2.40. The molecule has 0 saturated carbocycles. The highest BCUT2D eigenvalue weighted by Crippen LogP contribution is 1.90. The topological polar surface area (TPSA) is 48.6 Å². The largest absolute Gasteiger partial charge is 0.383 e. The molecule has 0 aromatic rings. The van der Waals surface area contributed by atoms with E-state index < -0.39 is 0 Å². The van der Waals surface area contributed by atoms with E-state index in [2.05, 4.69) is 20.9 Å². The van der Waals surface area contributed by atoms with E-state index in [0.29, 0.717) is 0 Å². The van der Waals surface area contributed by atoms with Crippen LogP contribution >= 0.6 is 0 Å². The van der Waals surface area contributed by atoms with Crippen LogP contribution in [0.5, 0.6) is 0 Å². The molecule has 2 aliphatic rings. The van der Waals surface area contributed by atoms with Gasteiger partial charge in [0.25, 0.3) is 0 Å². The number of hydrogen-bond acceptors (Lipinski definition) is 5. The van der Waals surface area contributed by atoms with Crippen LogP contribution in [0, 0.1) is 0 Å². The van der Waals surface area contributed by atoms with Gasteiger partial charge in [-0.15, -0.1) is 0 Å². The molecule has 2 heterocycles. The first-order valence-electron chi connectivity index (χ1n) is 6.27. The molecule has 2 saturated heterocycles. The van der Waals surface area contributed by atoms with Crippen molar-refractivity contribution >= 4 is 0 Å². The van der Waals surface area contributed by atoms with Crippen LogP contribution in [0.15, 0.2) is 0 Å². The third kappa shape index (κ3) is 7.14. The molecule has 0 radical (unpaired) electrons. The molecule has 5 nitrogen and oxygen atoms in total. The molecule has 0 atom stereocenters. The standard InChI is InChI=1S/C7H16N2O.C4H10N2/c1-10-7-6-9-4-2-8-3-5-9;1-2-6-4-3-5-1/h8H,2-7H2,1H3;5-6H,1-4H2. The van der Waals surface area contributed by atoms with Gasteiger partial charge in [-0.05, 0) is 0 Å². The quantitative estimate of drug-likeness (QED) is 0.564. The van der Waals surface area contributed by atoms with Crippen LogP contribution in [0.3, 0.4) is 0 Å². The highest BCUT2D eigenvalue weighted by atomic mass is 16.5. The normalized spacial score (nSPS) is 22.3. The lowest BCUT2D eigenvalue weighted by Gasteiger charge is -2.26. The minimum absolute atomic E-state index is 0.861. The fraction of sp³-hybridized carbons (Fsp3) is 1.00. The zero-order valence-corrected chi connectivity index (χ0v) is 10.4. The van der Waals surface area contributed by atoms with Gasteiger partial charge in [-0.2, -0.15) is 0 Å². The maximum atomic E-state index is 4.98. The van der Waals surface area contributed by atoms with Crippen molar-refractivity contribution in [3.05, 3.63) is 0 Å². The van der Waals surface area contributed by atoms with Gasteiger partial charge in [-0.1, -0.05) is 0 Å². The molecule has 5 heteroatoms. The minimum Gasteiger partial charge on any atom is -0.383 e. The summed E-state index contributed by atoms with van der Waals surface area (Å²) in [6.07, 6.45) is 0. The van der Waals surface area contributed by atoms with E-state index in [1.54, 1.807) is 7.11 Å². The molecule has 0 aromatic carbocycles. The van der Waals surface area contributed by atoms with Crippen LogP contribution in [0.4, 0.5) is 0 Å². The predicted octanol–water partition coefficient (Wildman–Crippen LogP) is -1.28. The van der Waals surface area contributed by atoms with Crippen LogP contribution in [0.2, 0.25) is 0 Å². The van der Waals surface area contributed by atoms with Gasteiger partial charge < -0.3 is 20.7 Å². The Balaban J connectivity index is 0.000000181. The predicted molar refractivity (Wildman–Crippen MR) is 66.9 cm³/mol. The second kappa shape index (κ2) is 9.99. The molecule has 0 aliphatic carbocycles. The van der Waals surface area contributed by atoms with Crippen molar-refractivity contribution in [3.8, 4) is 0 Å². The van der Waals surface area contributed by atoms with Gasteiger partial charge in [0.05, 0.1) is 6.61 Å². The Hall–Kier alpha value is -0.200. The van der Waals surface area contributed by atoms with E-state index in [0.717, 1.165) is 52.4 Å². The van der Waals surface area contributed by atoms with Crippen molar-refractivity contribution in [2.24, 2.45) is 0 Å². The molecule has 2 rings (SSSR count). The monoisotopic (exact) mass is 230 g/mol. The molecule has 3 N–H and O–H groups in total. The fourth-order valence-electron chi connectivity index (χ4n) is 1.76. The van der Waals surface area contributed by atoms with Gasteiger partial charge in [-0.25, -0.2) is 0 Å². The Morgan fingerprint density at radius 2 is 1.38 bits per heavy atom. The van der Waals surface area contributed by atoms with E-state index in [1.165, 1.54) is 13.1 Å². The van der Waals surface area contributed by atoms with Gasteiger partial charge in [0.1, 0.15) is 0 Å². The van der Waals surface area contributed by atoms with E-state index in [4.69, 9.17) is 4.74 Å². The number of nitrogens with zero attached hydrogens (tertiary/aromatic N) is 1. The number of rotatable bonds is 3. The van der Waals surface area contributed by atoms with Crippen LogP contribution < -0.4 is 16.0 Å². The van der Waals surface area contributed by atoms with Crippen molar-refractivity contribution < 1.29 is 4.74 Å². The van der Waals surface area contributed by atoms with Crippen molar-refractivity contribution in [2.75, 3.05) is 72.6 Å². The SMILES string of the molecule is C1CNCCN1.COCCN1CCNCC1. The van der Waals surface area contributed by atoms with Gasteiger partial charge in [0.2, 0.25) is 0 Å². The lowest BCUT2D eigenvalue weighted by molar-refractivity contribution is 0.139. The molecular formula is C11H26N4O. The summed E-state index contributed by atoms with van der Waals surface area (Å²) in [5, 5.41) is 9.75. The lowest BCUT2D eigenvalue weighted by Crippen LogP contribution is -2.44. The van der Waals surface area contributed by atoms with E-state index in [-0.39, 0.29) is 0 Å². The van der Waals surface area contributed by atoms with E-state index in [1.807, 2.05) is 0 Å².